The Morgan fingerprint density at radius 3 is 2.75 bits per heavy atom. The number of rotatable bonds is 2. The van der Waals surface area contributed by atoms with Crippen LogP contribution in [0.25, 0.3) is 0 Å². The van der Waals surface area contributed by atoms with Gasteiger partial charge in [0, 0.05) is 16.3 Å². The average molecular weight is 360 g/mol. The Balaban J connectivity index is 1.80. The van der Waals surface area contributed by atoms with Crippen LogP contribution in [0.15, 0.2) is 48.5 Å². The molecule has 2 aromatic rings. The Hall–Kier alpha value is -1.49. The van der Waals surface area contributed by atoms with Crippen LogP contribution >= 0.6 is 23.4 Å². The first kappa shape index (κ1) is 16.0. The number of anilines is 1. The van der Waals surface area contributed by atoms with Gasteiger partial charge in [0.2, 0.25) is 0 Å². The molecule has 0 saturated carbocycles. The lowest BCUT2D eigenvalue weighted by atomic mass is 10.0. The number of aryl methyl sites for hydroxylation is 1. The molecule has 0 aliphatic carbocycles. The van der Waals surface area contributed by atoms with E-state index in [4.69, 9.17) is 11.6 Å². The Morgan fingerprint density at radius 2 is 2.00 bits per heavy atom. The van der Waals surface area contributed by atoms with Gasteiger partial charge in [-0.2, -0.15) is 0 Å². The lowest BCUT2D eigenvalue weighted by Gasteiger charge is -2.24. The Bertz CT molecular complexity index is 805. The number of amidine groups is 1. The summed E-state index contributed by atoms with van der Waals surface area (Å²) in [5.74, 6) is 1.09. The van der Waals surface area contributed by atoms with Crippen LogP contribution in [0, 0.1) is 6.92 Å². The van der Waals surface area contributed by atoms with E-state index < -0.39 is 5.72 Å². The third-order valence-corrected chi connectivity index (χ3v) is 6.11. The van der Waals surface area contributed by atoms with Crippen LogP contribution in [0.3, 0.4) is 0 Å². The third-order valence-electron chi connectivity index (χ3n) is 4.66. The predicted molar refractivity (Wildman–Crippen MR) is 101 cm³/mol. The van der Waals surface area contributed by atoms with Crippen molar-refractivity contribution in [3.05, 3.63) is 64.7 Å². The maximum absolute atomic E-state index is 11.6. The zero-order chi connectivity index (χ0) is 16.7. The zero-order valence-corrected chi connectivity index (χ0v) is 15.1. The molecule has 0 spiro atoms. The van der Waals surface area contributed by atoms with Crippen LogP contribution in [0.4, 0.5) is 5.69 Å². The number of aliphatic hydroxyl groups is 1. The van der Waals surface area contributed by atoms with E-state index in [-0.39, 0.29) is 0 Å². The highest BCUT2D eigenvalue weighted by Gasteiger charge is 2.53. The Labute approximate surface area is 151 Å². The minimum Gasteiger partial charge on any atom is -0.346 e. The summed E-state index contributed by atoms with van der Waals surface area (Å²) < 4.78 is 2.15. The number of β-amino-alcohol motifs (C(OH)–C–C–N with tert-alkyl or cyclic N) is 1. The number of thioether (sulfide) groups is 1. The normalized spacial score (nSPS) is 23.5. The lowest BCUT2D eigenvalue weighted by Crippen LogP contribution is -2.41. The molecule has 1 atom stereocenters. The second-order valence-electron chi connectivity index (χ2n) is 6.38. The molecule has 2 aromatic carbocycles. The largest absolute Gasteiger partial charge is 0.346 e. The van der Waals surface area contributed by atoms with Crippen molar-refractivity contribution in [3.8, 4) is 0 Å². The summed E-state index contributed by atoms with van der Waals surface area (Å²) in [4.78, 5) is 2.24. The second kappa shape index (κ2) is 6.10. The molecule has 2 heterocycles. The Morgan fingerprint density at radius 1 is 1.21 bits per heavy atom. The summed E-state index contributed by atoms with van der Waals surface area (Å²) in [7, 11) is 0. The van der Waals surface area contributed by atoms with E-state index in [1.807, 2.05) is 36.0 Å². The van der Waals surface area contributed by atoms with Crippen LogP contribution in [0.5, 0.6) is 0 Å². The van der Waals surface area contributed by atoms with Crippen LogP contribution < -0.4 is 4.90 Å². The van der Waals surface area contributed by atoms with Gasteiger partial charge in [0.1, 0.15) is 5.69 Å². The summed E-state index contributed by atoms with van der Waals surface area (Å²) in [6, 6.07) is 16.0. The second-order valence-corrected chi connectivity index (χ2v) is 7.88. The van der Waals surface area contributed by atoms with E-state index in [1.54, 1.807) is 0 Å². The van der Waals surface area contributed by atoms with Crippen molar-refractivity contribution < 1.29 is 9.68 Å². The van der Waals surface area contributed by atoms with Gasteiger partial charge < -0.3 is 5.11 Å². The summed E-state index contributed by atoms with van der Waals surface area (Å²) in [5.41, 5.74) is 2.23. The minimum atomic E-state index is -1.02. The Kier molecular flexibility index (Phi) is 4.07. The van der Waals surface area contributed by atoms with E-state index in [0.29, 0.717) is 11.6 Å². The van der Waals surface area contributed by atoms with Crippen molar-refractivity contribution in [1.29, 1.82) is 0 Å². The fourth-order valence-corrected chi connectivity index (χ4v) is 4.77. The van der Waals surface area contributed by atoms with Gasteiger partial charge in [-0.05, 0) is 54.9 Å². The molecule has 1 unspecified atom stereocenters. The summed E-state index contributed by atoms with van der Waals surface area (Å²) in [6.45, 7) is 3.49. The molecule has 0 bridgehead atoms. The molecule has 1 N–H and O–H groups in total. The number of hydrogen-bond acceptors (Lipinski definition) is 3. The predicted octanol–water partition coefficient (Wildman–Crippen LogP) is 3.82. The molecule has 0 aromatic heterocycles. The van der Waals surface area contributed by atoms with E-state index in [9.17, 15) is 5.11 Å². The van der Waals surface area contributed by atoms with Gasteiger partial charge in [-0.1, -0.05) is 35.9 Å². The number of hydrogen-bond donors (Lipinski definition) is 1. The van der Waals surface area contributed by atoms with Crippen molar-refractivity contribution >= 4 is 34.2 Å². The van der Waals surface area contributed by atoms with Crippen molar-refractivity contribution in [1.82, 2.24) is 0 Å². The first-order chi connectivity index (χ1) is 11.6. The van der Waals surface area contributed by atoms with E-state index in [2.05, 4.69) is 40.7 Å². The first-order valence-corrected chi connectivity index (χ1v) is 9.54. The molecule has 2 aliphatic heterocycles. The van der Waals surface area contributed by atoms with Crippen LogP contribution in [0.1, 0.15) is 17.5 Å². The molecule has 4 rings (SSSR count). The SMILES string of the molecule is Cc1cccc(N2CC(O)(c3ccc(Cl)cc3)[N+]3=C2SCCC3)c1. The molecule has 24 heavy (non-hydrogen) atoms. The van der Waals surface area contributed by atoms with E-state index >= 15 is 0 Å². The van der Waals surface area contributed by atoms with Crippen molar-refractivity contribution in [3.63, 3.8) is 0 Å². The first-order valence-electron chi connectivity index (χ1n) is 8.18. The number of nitrogens with zero attached hydrogens (tertiary/aromatic N) is 2. The van der Waals surface area contributed by atoms with Gasteiger partial charge in [-0.15, -0.1) is 0 Å². The van der Waals surface area contributed by atoms with Gasteiger partial charge in [-0.25, -0.2) is 9.48 Å². The maximum atomic E-state index is 11.6. The molecule has 0 saturated heterocycles. The summed E-state index contributed by atoms with van der Waals surface area (Å²) in [5, 5.41) is 13.4. The maximum Gasteiger partial charge on any atom is 0.316 e. The van der Waals surface area contributed by atoms with Crippen LogP contribution in [-0.2, 0) is 5.72 Å². The topological polar surface area (TPSA) is 26.5 Å². The smallest absolute Gasteiger partial charge is 0.316 e. The molecule has 0 amide bonds. The molecular formula is C19H20ClN2OS+. The van der Waals surface area contributed by atoms with Gasteiger partial charge >= 0.3 is 5.17 Å². The minimum absolute atomic E-state index is 0.528. The number of benzene rings is 2. The molecule has 0 radical (unpaired) electrons. The highest BCUT2D eigenvalue weighted by molar-refractivity contribution is 8.13. The van der Waals surface area contributed by atoms with E-state index in [0.717, 1.165) is 35.1 Å². The van der Waals surface area contributed by atoms with Crippen molar-refractivity contribution in [2.24, 2.45) is 0 Å². The highest BCUT2D eigenvalue weighted by Crippen LogP contribution is 2.37. The van der Waals surface area contributed by atoms with Gasteiger partial charge in [0.05, 0.1) is 6.54 Å². The van der Waals surface area contributed by atoms with Crippen LogP contribution in [0.2, 0.25) is 5.02 Å². The average Bonchev–Trinajstić information content (AvgIpc) is 2.90. The molecule has 5 heteroatoms. The van der Waals surface area contributed by atoms with Gasteiger partial charge in [-0.3, -0.25) is 0 Å². The highest BCUT2D eigenvalue weighted by atomic mass is 35.5. The van der Waals surface area contributed by atoms with Crippen molar-refractivity contribution in [2.75, 3.05) is 23.7 Å². The molecular weight excluding hydrogens is 340 g/mol. The molecule has 3 nitrogen and oxygen atoms in total. The molecule has 124 valence electrons. The zero-order valence-electron chi connectivity index (χ0n) is 13.6. The third kappa shape index (κ3) is 2.63. The van der Waals surface area contributed by atoms with Gasteiger partial charge in [0.15, 0.2) is 6.54 Å². The summed E-state index contributed by atoms with van der Waals surface area (Å²) in [6.07, 6.45) is 1.08. The van der Waals surface area contributed by atoms with Crippen molar-refractivity contribution in [2.45, 2.75) is 19.1 Å². The fourth-order valence-electron chi connectivity index (χ4n) is 3.46. The molecule has 0 fully saturated rings. The fraction of sp³-hybridized carbons (Fsp3) is 0.316. The quantitative estimate of drug-likeness (QED) is 0.826. The lowest BCUT2D eigenvalue weighted by molar-refractivity contribution is -0.656. The van der Waals surface area contributed by atoms with Gasteiger partial charge in [0.25, 0.3) is 5.72 Å². The molecule has 2 aliphatic rings. The standard InChI is InChI=1S/C19H20ClN2OS/c1-14-4-2-5-17(12-14)21-13-19(23,15-6-8-16(20)9-7-15)22-10-3-11-24-18(21)22/h2,4-9,12,23H,3,10-11,13H2,1H3/q+1. The monoisotopic (exact) mass is 359 g/mol. The number of halogens is 1. The van der Waals surface area contributed by atoms with E-state index in [1.165, 1.54) is 5.56 Å². The van der Waals surface area contributed by atoms with Crippen LogP contribution in [-0.4, -0.2) is 33.7 Å². The summed E-state index contributed by atoms with van der Waals surface area (Å²) >= 11 is 7.85.